The van der Waals surface area contributed by atoms with Crippen LogP contribution < -0.4 is 23.8 Å². The normalized spacial score (nSPS) is 11.3. The summed E-state index contributed by atoms with van der Waals surface area (Å²) in [6.45, 7) is 2.59. The molecule has 9 heteroatoms. The van der Waals surface area contributed by atoms with E-state index in [-0.39, 0.29) is 4.90 Å². The first-order valence-corrected chi connectivity index (χ1v) is 10.0. The SMILES string of the molecule is CCCOc1ccc(/C=N/NS(=O)(=O)c2ccc(OC)c(OC)c2)cc1OC. The molecule has 8 nitrogen and oxygen atoms in total. The summed E-state index contributed by atoms with van der Waals surface area (Å²) in [7, 11) is 0.579. The number of methoxy groups -OCH3 is 3. The molecular formula is C19H24N2O6S. The molecule has 0 amide bonds. The molecule has 0 atom stereocenters. The first-order valence-electron chi connectivity index (χ1n) is 8.53. The van der Waals surface area contributed by atoms with Gasteiger partial charge >= 0.3 is 0 Å². The average Bonchev–Trinajstić information content (AvgIpc) is 2.71. The molecule has 0 saturated heterocycles. The van der Waals surface area contributed by atoms with Gasteiger partial charge in [0.25, 0.3) is 10.0 Å². The molecule has 0 radical (unpaired) electrons. The number of sulfonamides is 1. The van der Waals surface area contributed by atoms with E-state index in [1.54, 1.807) is 18.2 Å². The molecular weight excluding hydrogens is 384 g/mol. The summed E-state index contributed by atoms with van der Waals surface area (Å²) in [6.07, 6.45) is 2.26. The standard InChI is InChI=1S/C19H24N2O6S/c1-5-10-27-17-8-6-14(11-18(17)25-3)13-20-21-28(22,23)15-7-9-16(24-2)19(12-15)26-4/h6-9,11-13,21H,5,10H2,1-4H3/b20-13+. The molecule has 2 rings (SSSR count). The van der Waals surface area contributed by atoms with Gasteiger partial charge in [-0.05, 0) is 42.3 Å². The van der Waals surface area contributed by atoms with Gasteiger partial charge in [-0.1, -0.05) is 6.92 Å². The number of rotatable bonds is 10. The Balaban J connectivity index is 2.15. The van der Waals surface area contributed by atoms with E-state index in [4.69, 9.17) is 18.9 Å². The van der Waals surface area contributed by atoms with Gasteiger partial charge in [-0.15, -0.1) is 0 Å². The molecule has 0 aliphatic rings. The van der Waals surface area contributed by atoms with Crippen LogP contribution in [-0.4, -0.2) is 42.6 Å². The van der Waals surface area contributed by atoms with E-state index in [2.05, 4.69) is 9.93 Å². The number of nitrogens with zero attached hydrogens (tertiary/aromatic N) is 1. The molecule has 0 bridgehead atoms. The summed E-state index contributed by atoms with van der Waals surface area (Å²) in [5, 5.41) is 3.82. The summed E-state index contributed by atoms with van der Waals surface area (Å²) >= 11 is 0. The van der Waals surface area contributed by atoms with E-state index in [0.29, 0.717) is 35.2 Å². The van der Waals surface area contributed by atoms with Crippen LogP contribution in [0.2, 0.25) is 0 Å². The number of ether oxygens (including phenoxy) is 4. The Bertz CT molecular complexity index is 928. The lowest BCUT2D eigenvalue weighted by atomic mass is 10.2. The van der Waals surface area contributed by atoms with Gasteiger partial charge in [0.2, 0.25) is 0 Å². The molecule has 2 aromatic rings. The van der Waals surface area contributed by atoms with Crippen LogP contribution >= 0.6 is 0 Å². The highest BCUT2D eigenvalue weighted by atomic mass is 32.2. The highest BCUT2D eigenvalue weighted by Crippen LogP contribution is 2.29. The summed E-state index contributed by atoms with van der Waals surface area (Å²) in [5.74, 6) is 1.90. The van der Waals surface area contributed by atoms with E-state index >= 15 is 0 Å². The number of hydrazone groups is 1. The second-order valence-electron chi connectivity index (χ2n) is 5.63. The predicted molar refractivity (Wildman–Crippen MR) is 106 cm³/mol. The van der Waals surface area contributed by atoms with Crippen molar-refractivity contribution in [1.82, 2.24) is 4.83 Å². The van der Waals surface area contributed by atoms with E-state index in [9.17, 15) is 8.42 Å². The van der Waals surface area contributed by atoms with Crippen LogP contribution in [0.4, 0.5) is 0 Å². The van der Waals surface area contributed by atoms with E-state index < -0.39 is 10.0 Å². The number of hydrogen-bond acceptors (Lipinski definition) is 7. The Labute approximate surface area is 165 Å². The summed E-state index contributed by atoms with van der Waals surface area (Å²) in [6, 6.07) is 9.48. The second kappa shape index (κ2) is 9.84. The van der Waals surface area contributed by atoms with Crippen molar-refractivity contribution in [3.05, 3.63) is 42.0 Å². The van der Waals surface area contributed by atoms with Crippen LogP contribution in [0.25, 0.3) is 0 Å². The van der Waals surface area contributed by atoms with Crippen LogP contribution in [0, 0.1) is 0 Å². The van der Waals surface area contributed by atoms with Crippen molar-refractivity contribution >= 4 is 16.2 Å². The molecule has 0 fully saturated rings. The van der Waals surface area contributed by atoms with Gasteiger partial charge in [0.05, 0.1) is 39.0 Å². The monoisotopic (exact) mass is 408 g/mol. The lowest BCUT2D eigenvalue weighted by molar-refractivity contribution is 0.294. The summed E-state index contributed by atoms with van der Waals surface area (Å²) in [5.41, 5.74) is 0.649. The van der Waals surface area contributed by atoms with E-state index in [1.807, 2.05) is 6.92 Å². The maximum absolute atomic E-state index is 12.4. The van der Waals surface area contributed by atoms with Gasteiger partial charge in [0.15, 0.2) is 23.0 Å². The molecule has 152 valence electrons. The molecule has 28 heavy (non-hydrogen) atoms. The summed E-state index contributed by atoms with van der Waals surface area (Å²) < 4.78 is 46.0. The number of nitrogens with one attached hydrogen (secondary N) is 1. The highest BCUT2D eigenvalue weighted by Gasteiger charge is 2.16. The van der Waals surface area contributed by atoms with Crippen molar-refractivity contribution < 1.29 is 27.4 Å². The zero-order valence-corrected chi connectivity index (χ0v) is 17.1. The van der Waals surface area contributed by atoms with Crippen molar-refractivity contribution in [1.29, 1.82) is 0 Å². The van der Waals surface area contributed by atoms with Crippen molar-refractivity contribution in [3.63, 3.8) is 0 Å². The van der Waals surface area contributed by atoms with Crippen LogP contribution in [0.1, 0.15) is 18.9 Å². The fraction of sp³-hybridized carbons (Fsp3) is 0.316. The third kappa shape index (κ3) is 5.29. The van der Waals surface area contributed by atoms with Gasteiger partial charge in [0.1, 0.15) is 0 Å². The molecule has 0 saturated carbocycles. The number of hydrogen-bond donors (Lipinski definition) is 1. The minimum atomic E-state index is -3.86. The molecule has 0 spiro atoms. The molecule has 0 aliphatic carbocycles. The van der Waals surface area contributed by atoms with Gasteiger partial charge in [0, 0.05) is 6.07 Å². The van der Waals surface area contributed by atoms with Crippen LogP contribution in [0.15, 0.2) is 46.4 Å². The van der Waals surface area contributed by atoms with Gasteiger partial charge < -0.3 is 18.9 Å². The largest absolute Gasteiger partial charge is 0.493 e. The predicted octanol–water partition coefficient (Wildman–Crippen LogP) is 2.81. The van der Waals surface area contributed by atoms with Gasteiger partial charge in [-0.2, -0.15) is 13.5 Å². The second-order valence-corrected chi connectivity index (χ2v) is 7.29. The van der Waals surface area contributed by atoms with Gasteiger partial charge in [-0.3, -0.25) is 0 Å². The molecule has 2 aromatic carbocycles. The maximum atomic E-state index is 12.4. The molecule has 0 unspecified atom stereocenters. The first kappa shape index (κ1) is 21.4. The zero-order valence-electron chi connectivity index (χ0n) is 16.3. The lowest BCUT2D eigenvalue weighted by Gasteiger charge is -2.10. The molecule has 0 heterocycles. The fourth-order valence-electron chi connectivity index (χ4n) is 2.30. The lowest BCUT2D eigenvalue weighted by Crippen LogP contribution is -2.18. The molecule has 0 aromatic heterocycles. The minimum absolute atomic E-state index is 0.00296. The van der Waals surface area contributed by atoms with E-state index in [1.165, 1.54) is 45.7 Å². The topological polar surface area (TPSA) is 95.5 Å². The smallest absolute Gasteiger partial charge is 0.276 e. The average molecular weight is 408 g/mol. The Kier molecular flexibility index (Phi) is 7.51. The zero-order chi connectivity index (χ0) is 20.6. The molecule has 1 N–H and O–H groups in total. The van der Waals surface area contributed by atoms with Crippen molar-refractivity contribution in [2.24, 2.45) is 5.10 Å². The first-order chi connectivity index (χ1) is 13.4. The Morgan fingerprint density at radius 1 is 0.929 bits per heavy atom. The Morgan fingerprint density at radius 2 is 1.57 bits per heavy atom. The van der Waals surface area contributed by atoms with Crippen LogP contribution in [-0.2, 0) is 10.0 Å². The van der Waals surface area contributed by atoms with E-state index in [0.717, 1.165) is 6.42 Å². The fourth-order valence-corrected chi connectivity index (χ4v) is 3.11. The Hall–Kier alpha value is -2.94. The third-order valence-corrected chi connectivity index (χ3v) is 4.92. The van der Waals surface area contributed by atoms with Crippen LogP contribution in [0.5, 0.6) is 23.0 Å². The number of benzene rings is 2. The minimum Gasteiger partial charge on any atom is -0.493 e. The van der Waals surface area contributed by atoms with Gasteiger partial charge in [-0.25, -0.2) is 4.83 Å². The highest BCUT2D eigenvalue weighted by molar-refractivity contribution is 7.89. The maximum Gasteiger partial charge on any atom is 0.276 e. The van der Waals surface area contributed by atoms with Crippen LogP contribution in [0.3, 0.4) is 0 Å². The third-order valence-electron chi connectivity index (χ3n) is 3.70. The molecule has 0 aliphatic heterocycles. The quantitative estimate of drug-likeness (QED) is 0.480. The van der Waals surface area contributed by atoms with Crippen molar-refractivity contribution in [2.45, 2.75) is 18.2 Å². The Morgan fingerprint density at radius 3 is 2.21 bits per heavy atom. The van der Waals surface area contributed by atoms with Crippen molar-refractivity contribution in [2.75, 3.05) is 27.9 Å². The summed E-state index contributed by atoms with van der Waals surface area (Å²) in [4.78, 5) is 2.18. The van der Waals surface area contributed by atoms with Crippen molar-refractivity contribution in [3.8, 4) is 23.0 Å².